The smallest absolute Gasteiger partial charge is 0.272 e. The normalized spacial score (nSPS) is 11.2. The lowest BCUT2D eigenvalue weighted by molar-refractivity contribution is 0.0955. The molecule has 42 heavy (non-hydrogen) atoms. The molecule has 0 aliphatic rings. The third-order valence-corrected chi connectivity index (χ3v) is 6.71. The summed E-state index contributed by atoms with van der Waals surface area (Å²) in [5.74, 6) is 0.248. The SMILES string of the molecule is CCCCOc1ccc(-c2cc(C(=O)N/N=C(\C)c3ccc(NC(=O)c4ccncc4)cc3)c3ccccc3n2)cc1. The minimum absolute atomic E-state index is 0.219. The molecule has 0 bridgehead atoms. The summed E-state index contributed by atoms with van der Waals surface area (Å²) in [5.41, 5.74) is 8.05. The number of nitrogens with zero attached hydrogens (tertiary/aromatic N) is 3. The molecular weight excluding hydrogens is 526 g/mol. The number of rotatable bonds is 10. The van der Waals surface area contributed by atoms with Crippen molar-refractivity contribution in [3.8, 4) is 17.0 Å². The molecule has 0 saturated heterocycles. The Bertz CT molecular complexity index is 1720. The number of hydrazone groups is 1. The molecular formula is C34H31N5O3. The van der Waals surface area contributed by atoms with Crippen LogP contribution in [0.1, 0.15) is 53.0 Å². The predicted molar refractivity (Wildman–Crippen MR) is 166 cm³/mol. The number of unbranched alkanes of at least 4 members (excludes halogenated alkanes) is 1. The average molecular weight is 558 g/mol. The fourth-order valence-electron chi connectivity index (χ4n) is 4.33. The number of aromatic nitrogens is 2. The molecule has 0 aliphatic heterocycles. The Hall–Kier alpha value is -5.37. The van der Waals surface area contributed by atoms with Gasteiger partial charge in [-0.2, -0.15) is 5.10 Å². The van der Waals surface area contributed by atoms with Gasteiger partial charge in [-0.25, -0.2) is 10.4 Å². The Kier molecular flexibility index (Phi) is 8.94. The number of carbonyl (C=O) groups is 2. The van der Waals surface area contributed by atoms with E-state index in [1.165, 1.54) is 0 Å². The van der Waals surface area contributed by atoms with Crippen LogP contribution < -0.4 is 15.5 Å². The van der Waals surface area contributed by atoms with Crippen LogP contribution in [-0.2, 0) is 0 Å². The molecule has 8 nitrogen and oxygen atoms in total. The van der Waals surface area contributed by atoms with Crippen LogP contribution in [0, 0.1) is 0 Å². The first-order chi connectivity index (χ1) is 20.5. The van der Waals surface area contributed by atoms with Gasteiger partial charge in [0, 0.05) is 34.6 Å². The van der Waals surface area contributed by atoms with Crippen molar-refractivity contribution in [3.63, 3.8) is 0 Å². The first-order valence-electron chi connectivity index (χ1n) is 13.8. The Labute approximate surface area is 244 Å². The number of hydrogen-bond acceptors (Lipinski definition) is 6. The molecule has 3 aromatic carbocycles. The van der Waals surface area contributed by atoms with E-state index in [1.54, 1.807) is 42.7 Å². The van der Waals surface area contributed by atoms with E-state index >= 15 is 0 Å². The van der Waals surface area contributed by atoms with Crippen LogP contribution in [0.4, 0.5) is 5.69 Å². The van der Waals surface area contributed by atoms with Crippen LogP contribution in [0.25, 0.3) is 22.2 Å². The predicted octanol–water partition coefficient (Wildman–Crippen LogP) is 6.88. The van der Waals surface area contributed by atoms with Crippen molar-refractivity contribution in [2.75, 3.05) is 11.9 Å². The fourth-order valence-corrected chi connectivity index (χ4v) is 4.33. The summed E-state index contributed by atoms with van der Waals surface area (Å²) < 4.78 is 5.78. The highest BCUT2D eigenvalue weighted by atomic mass is 16.5. The molecule has 0 unspecified atom stereocenters. The van der Waals surface area contributed by atoms with Crippen LogP contribution in [0.3, 0.4) is 0 Å². The quantitative estimate of drug-likeness (QED) is 0.111. The van der Waals surface area contributed by atoms with Gasteiger partial charge >= 0.3 is 0 Å². The zero-order valence-electron chi connectivity index (χ0n) is 23.5. The van der Waals surface area contributed by atoms with Crippen molar-refractivity contribution in [2.24, 2.45) is 5.10 Å². The molecule has 8 heteroatoms. The number of pyridine rings is 2. The monoisotopic (exact) mass is 557 g/mol. The van der Waals surface area contributed by atoms with Crippen LogP contribution in [0.2, 0.25) is 0 Å². The third kappa shape index (κ3) is 6.85. The van der Waals surface area contributed by atoms with Crippen molar-refractivity contribution < 1.29 is 14.3 Å². The van der Waals surface area contributed by atoms with Gasteiger partial charge in [0.1, 0.15) is 5.75 Å². The van der Waals surface area contributed by atoms with Crippen LogP contribution in [0.15, 0.2) is 108 Å². The zero-order chi connectivity index (χ0) is 29.3. The molecule has 0 fully saturated rings. The van der Waals surface area contributed by atoms with Crippen LogP contribution >= 0.6 is 0 Å². The highest BCUT2D eigenvalue weighted by Crippen LogP contribution is 2.26. The van der Waals surface area contributed by atoms with E-state index in [0.717, 1.165) is 35.1 Å². The van der Waals surface area contributed by atoms with Gasteiger partial charge in [0.25, 0.3) is 11.8 Å². The topological polar surface area (TPSA) is 106 Å². The number of amides is 2. The number of hydrogen-bond donors (Lipinski definition) is 2. The lowest BCUT2D eigenvalue weighted by Gasteiger charge is -2.11. The Morgan fingerprint density at radius 2 is 1.60 bits per heavy atom. The summed E-state index contributed by atoms with van der Waals surface area (Å²) in [7, 11) is 0. The molecule has 0 aliphatic carbocycles. The zero-order valence-corrected chi connectivity index (χ0v) is 23.5. The largest absolute Gasteiger partial charge is 0.494 e. The molecule has 2 heterocycles. The first kappa shape index (κ1) is 28.2. The average Bonchev–Trinajstić information content (AvgIpc) is 3.04. The molecule has 210 valence electrons. The van der Waals surface area contributed by atoms with Crippen LogP contribution in [0.5, 0.6) is 5.75 Å². The van der Waals surface area contributed by atoms with Crippen molar-refractivity contribution in [1.29, 1.82) is 0 Å². The van der Waals surface area contributed by atoms with E-state index < -0.39 is 0 Å². The summed E-state index contributed by atoms with van der Waals surface area (Å²) in [4.78, 5) is 34.5. The first-order valence-corrected chi connectivity index (χ1v) is 13.8. The van der Waals surface area contributed by atoms with Gasteiger partial charge in [-0.15, -0.1) is 0 Å². The van der Waals surface area contributed by atoms with E-state index in [2.05, 4.69) is 27.8 Å². The van der Waals surface area contributed by atoms with E-state index in [-0.39, 0.29) is 11.8 Å². The second kappa shape index (κ2) is 13.3. The maximum Gasteiger partial charge on any atom is 0.272 e. The van der Waals surface area contributed by atoms with Crippen molar-refractivity contribution in [3.05, 3.63) is 120 Å². The van der Waals surface area contributed by atoms with E-state index in [0.29, 0.717) is 40.3 Å². The van der Waals surface area contributed by atoms with Gasteiger partial charge in [0.2, 0.25) is 0 Å². The minimum atomic E-state index is -0.338. The molecule has 0 saturated carbocycles. The third-order valence-electron chi connectivity index (χ3n) is 6.71. The van der Waals surface area contributed by atoms with Gasteiger partial charge in [-0.05, 0) is 79.6 Å². The van der Waals surface area contributed by atoms with Crippen molar-refractivity contribution in [1.82, 2.24) is 15.4 Å². The minimum Gasteiger partial charge on any atom is -0.494 e. The Morgan fingerprint density at radius 1 is 0.857 bits per heavy atom. The van der Waals surface area contributed by atoms with E-state index in [9.17, 15) is 9.59 Å². The maximum atomic E-state index is 13.4. The second-order valence-electron chi connectivity index (χ2n) is 9.70. The molecule has 2 amide bonds. The lowest BCUT2D eigenvalue weighted by Crippen LogP contribution is -2.20. The maximum absolute atomic E-state index is 13.4. The molecule has 0 spiro atoms. The molecule has 0 radical (unpaired) electrons. The fraction of sp³-hybridized carbons (Fsp3) is 0.147. The second-order valence-corrected chi connectivity index (χ2v) is 9.70. The summed E-state index contributed by atoms with van der Waals surface area (Å²) in [6.07, 6.45) is 5.23. The summed E-state index contributed by atoms with van der Waals surface area (Å²) in [6.45, 7) is 4.62. The number of benzene rings is 3. The molecule has 0 atom stereocenters. The van der Waals surface area contributed by atoms with Gasteiger partial charge in [0.15, 0.2) is 0 Å². The van der Waals surface area contributed by atoms with Crippen molar-refractivity contribution in [2.45, 2.75) is 26.7 Å². The number of anilines is 1. The standard InChI is InChI=1S/C34H31N5O3/c1-3-4-21-42-28-15-11-25(12-16-28)32-22-30(29-7-5-6-8-31(29)37-32)34(41)39-38-23(2)24-9-13-27(14-10-24)36-33(40)26-17-19-35-20-18-26/h5-20,22H,3-4,21H2,1-2H3,(H,36,40)(H,39,41)/b38-23+. The number of carbonyl (C=O) groups excluding carboxylic acids is 2. The Morgan fingerprint density at radius 3 is 2.33 bits per heavy atom. The molecule has 5 aromatic rings. The van der Waals surface area contributed by atoms with Crippen molar-refractivity contribution >= 4 is 34.1 Å². The van der Waals surface area contributed by atoms with Gasteiger partial charge in [0.05, 0.1) is 29.1 Å². The molecule has 5 rings (SSSR count). The highest BCUT2D eigenvalue weighted by molar-refractivity contribution is 6.08. The van der Waals surface area contributed by atoms with Gasteiger partial charge < -0.3 is 10.1 Å². The number of ether oxygens (including phenoxy) is 1. The Balaban J connectivity index is 1.31. The lowest BCUT2D eigenvalue weighted by atomic mass is 10.0. The highest BCUT2D eigenvalue weighted by Gasteiger charge is 2.14. The number of nitrogens with one attached hydrogen (secondary N) is 2. The van der Waals surface area contributed by atoms with Crippen LogP contribution in [-0.4, -0.2) is 34.1 Å². The van der Waals surface area contributed by atoms with Gasteiger partial charge in [-0.1, -0.05) is 43.7 Å². The summed E-state index contributed by atoms with van der Waals surface area (Å²) in [6, 6.07) is 27.6. The summed E-state index contributed by atoms with van der Waals surface area (Å²) in [5, 5.41) is 7.94. The number of fused-ring (bicyclic) bond motifs is 1. The van der Waals surface area contributed by atoms with E-state index in [1.807, 2.05) is 67.6 Å². The molecule has 2 aromatic heterocycles. The van der Waals surface area contributed by atoms with E-state index in [4.69, 9.17) is 9.72 Å². The molecule has 2 N–H and O–H groups in total. The van der Waals surface area contributed by atoms with Gasteiger partial charge in [-0.3, -0.25) is 14.6 Å². The number of para-hydroxylation sites is 1. The summed E-state index contributed by atoms with van der Waals surface area (Å²) >= 11 is 0.